The van der Waals surface area contributed by atoms with Crippen LogP contribution in [-0.2, 0) is 28.6 Å². The summed E-state index contributed by atoms with van der Waals surface area (Å²) < 4.78 is 16.9. The normalized spacial score (nSPS) is 12.5. The molecule has 0 rings (SSSR count). The van der Waals surface area contributed by atoms with Crippen LogP contribution in [0.15, 0.2) is 72.9 Å². The molecule has 434 valence electrons. The lowest BCUT2D eigenvalue weighted by atomic mass is 10.0. The molecule has 0 N–H and O–H groups in total. The van der Waals surface area contributed by atoms with E-state index in [1.54, 1.807) is 0 Å². The smallest absolute Gasteiger partial charge is 0.306 e. The van der Waals surface area contributed by atoms with E-state index in [4.69, 9.17) is 14.2 Å². The molecule has 0 spiro atoms. The van der Waals surface area contributed by atoms with Gasteiger partial charge in [0.2, 0.25) is 0 Å². The third-order valence-electron chi connectivity index (χ3n) is 14.2. The van der Waals surface area contributed by atoms with Crippen molar-refractivity contribution in [3.05, 3.63) is 72.9 Å². The van der Waals surface area contributed by atoms with E-state index in [2.05, 4.69) is 93.7 Å². The summed E-state index contributed by atoms with van der Waals surface area (Å²) in [6, 6.07) is 0. The van der Waals surface area contributed by atoms with Gasteiger partial charge in [-0.2, -0.15) is 0 Å². The van der Waals surface area contributed by atoms with Crippen LogP contribution in [0.1, 0.15) is 329 Å². The summed E-state index contributed by atoms with van der Waals surface area (Å²) >= 11 is 0. The van der Waals surface area contributed by atoms with Crippen molar-refractivity contribution in [3.8, 4) is 0 Å². The number of carbonyl (C=O) groups is 3. The lowest BCUT2D eigenvalue weighted by molar-refractivity contribution is -0.167. The summed E-state index contributed by atoms with van der Waals surface area (Å²) in [5.41, 5.74) is 0. The Bertz CT molecular complexity index is 1390. The van der Waals surface area contributed by atoms with Gasteiger partial charge in [0.25, 0.3) is 0 Å². The molecule has 0 saturated carbocycles. The molecule has 0 heterocycles. The van der Waals surface area contributed by atoms with E-state index in [9.17, 15) is 14.4 Å². The van der Waals surface area contributed by atoms with Crippen LogP contribution >= 0.6 is 0 Å². The van der Waals surface area contributed by atoms with Crippen molar-refractivity contribution < 1.29 is 28.6 Å². The van der Waals surface area contributed by atoms with E-state index in [0.29, 0.717) is 19.3 Å². The van der Waals surface area contributed by atoms with Gasteiger partial charge in [-0.3, -0.25) is 14.4 Å². The van der Waals surface area contributed by atoms with Gasteiger partial charge >= 0.3 is 17.9 Å². The molecular formula is C69H122O6. The minimum absolute atomic E-state index is 0.0772. The molecule has 6 nitrogen and oxygen atoms in total. The van der Waals surface area contributed by atoms with Crippen LogP contribution in [0.25, 0.3) is 0 Å². The van der Waals surface area contributed by atoms with Gasteiger partial charge in [-0.1, -0.05) is 273 Å². The number of allylic oxidation sites excluding steroid dienone is 12. The number of hydrogen-bond donors (Lipinski definition) is 0. The molecule has 0 amide bonds. The highest BCUT2D eigenvalue weighted by Gasteiger charge is 2.19. The van der Waals surface area contributed by atoms with Crippen LogP contribution in [0, 0.1) is 0 Å². The first-order valence-corrected chi connectivity index (χ1v) is 32.4. The summed E-state index contributed by atoms with van der Waals surface area (Å²) in [4.78, 5) is 38.1. The third-order valence-corrected chi connectivity index (χ3v) is 14.2. The van der Waals surface area contributed by atoms with Gasteiger partial charge in [-0.05, 0) is 109 Å². The van der Waals surface area contributed by atoms with Crippen molar-refractivity contribution in [2.45, 2.75) is 335 Å². The van der Waals surface area contributed by atoms with Gasteiger partial charge in [0, 0.05) is 19.3 Å². The van der Waals surface area contributed by atoms with Crippen LogP contribution in [0.5, 0.6) is 0 Å². The average molecular weight is 1050 g/mol. The SMILES string of the molecule is CC/C=C\C/C=C\C/C=C\C/C=C\CCCCCCCCCCCCCCCCCCCCCCC(=O)OCC(COC(=O)CCCCCCC/C=C\CCCCC)OC(=O)CCCCCCC/C=C\CCCCC. The van der Waals surface area contributed by atoms with Crippen molar-refractivity contribution in [1.29, 1.82) is 0 Å². The van der Waals surface area contributed by atoms with Crippen LogP contribution < -0.4 is 0 Å². The Morgan fingerprint density at radius 3 is 0.827 bits per heavy atom. The predicted octanol–water partition coefficient (Wildman–Crippen LogP) is 22.1. The maximum atomic E-state index is 12.8. The highest BCUT2D eigenvalue weighted by molar-refractivity contribution is 5.71. The molecule has 0 fully saturated rings. The van der Waals surface area contributed by atoms with Crippen LogP contribution in [-0.4, -0.2) is 37.2 Å². The summed E-state index contributed by atoms with van der Waals surface area (Å²) in [7, 11) is 0. The van der Waals surface area contributed by atoms with Crippen molar-refractivity contribution >= 4 is 17.9 Å². The first kappa shape index (κ1) is 71.8. The second kappa shape index (κ2) is 63.4. The quantitative estimate of drug-likeness (QED) is 0.0261. The van der Waals surface area contributed by atoms with E-state index < -0.39 is 6.10 Å². The first-order chi connectivity index (χ1) is 37.0. The molecular weight excluding hydrogens is 925 g/mol. The number of hydrogen-bond acceptors (Lipinski definition) is 6. The highest BCUT2D eigenvalue weighted by Crippen LogP contribution is 2.17. The fraction of sp³-hybridized carbons (Fsp3) is 0.783. The van der Waals surface area contributed by atoms with E-state index in [1.807, 2.05) is 0 Å². The Balaban J connectivity index is 4.05. The fourth-order valence-electron chi connectivity index (χ4n) is 9.31. The van der Waals surface area contributed by atoms with Crippen LogP contribution in [0.2, 0.25) is 0 Å². The molecule has 0 aromatic heterocycles. The lowest BCUT2D eigenvalue weighted by Crippen LogP contribution is -2.30. The van der Waals surface area contributed by atoms with Gasteiger partial charge in [-0.15, -0.1) is 0 Å². The Morgan fingerprint density at radius 1 is 0.280 bits per heavy atom. The molecule has 1 unspecified atom stereocenters. The Kier molecular flexibility index (Phi) is 60.7. The average Bonchev–Trinajstić information content (AvgIpc) is 3.41. The van der Waals surface area contributed by atoms with E-state index in [-0.39, 0.29) is 31.1 Å². The molecule has 0 aliphatic carbocycles. The number of ether oxygens (including phenoxy) is 3. The van der Waals surface area contributed by atoms with E-state index in [1.165, 1.54) is 186 Å². The maximum absolute atomic E-state index is 12.8. The minimum atomic E-state index is -0.779. The number of rotatable bonds is 59. The second-order valence-corrected chi connectivity index (χ2v) is 21.6. The minimum Gasteiger partial charge on any atom is -0.462 e. The van der Waals surface area contributed by atoms with Crippen molar-refractivity contribution in [2.24, 2.45) is 0 Å². The molecule has 0 aromatic carbocycles. The Hall–Kier alpha value is -3.15. The van der Waals surface area contributed by atoms with Crippen molar-refractivity contribution in [2.75, 3.05) is 13.2 Å². The predicted molar refractivity (Wildman–Crippen MR) is 325 cm³/mol. The largest absolute Gasteiger partial charge is 0.462 e. The van der Waals surface area contributed by atoms with Crippen LogP contribution in [0.4, 0.5) is 0 Å². The molecule has 6 heteroatoms. The Morgan fingerprint density at radius 2 is 0.520 bits per heavy atom. The van der Waals surface area contributed by atoms with Gasteiger partial charge in [-0.25, -0.2) is 0 Å². The van der Waals surface area contributed by atoms with E-state index >= 15 is 0 Å². The van der Waals surface area contributed by atoms with Crippen molar-refractivity contribution in [1.82, 2.24) is 0 Å². The lowest BCUT2D eigenvalue weighted by Gasteiger charge is -2.18. The van der Waals surface area contributed by atoms with E-state index in [0.717, 1.165) is 103 Å². The number of carbonyl (C=O) groups excluding carboxylic acids is 3. The van der Waals surface area contributed by atoms with Gasteiger partial charge in [0.1, 0.15) is 13.2 Å². The fourth-order valence-corrected chi connectivity index (χ4v) is 9.31. The van der Waals surface area contributed by atoms with Gasteiger partial charge in [0.15, 0.2) is 6.10 Å². The van der Waals surface area contributed by atoms with Gasteiger partial charge in [0.05, 0.1) is 0 Å². The zero-order chi connectivity index (χ0) is 54.3. The molecule has 0 aliphatic heterocycles. The molecule has 0 saturated heterocycles. The molecule has 0 aromatic rings. The van der Waals surface area contributed by atoms with Gasteiger partial charge < -0.3 is 14.2 Å². The standard InChI is InChI=1S/C69H122O6/c1-4-7-10-13-16-19-22-25-26-27-28-29-30-31-32-33-34-35-36-37-38-39-40-41-42-43-44-45-48-50-53-56-59-62-68(71)74-65-66(75-69(72)63-60-57-54-51-47-24-21-18-15-12-9-6-3)64-73-67(70)61-58-55-52-49-46-23-20-17-14-11-8-5-2/h7,10,16-21,25-26,28-29,66H,4-6,8-9,11-15,22-24,27,30-65H2,1-3H3/b10-7-,19-16-,20-17-,21-18-,26-25-,29-28-. The molecule has 0 radical (unpaired) electrons. The number of unbranched alkanes of at least 4 members (excludes halogenated alkanes) is 36. The maximum Gasteiger partial charge on any atom is 0.306 e. The summed E-state index contributed by atoms with van der Waals surface area (Å²) in [6.45, 7) is 6.49. The number of esters is 3. The zero-order valence-corrected chi connectivity index (χ0v) is 49.8. The molecule has 75 heavy (non-hydrogen) atoms. The monoisotopic (exact) mass is 1050 g/mol. The first-order valence-electron chi connectivity index (χ1n) is 32.4. The molecule has 0 bridgehead atoms. The topological polar surface area (TPSA) is 78.9 Å². The highest BCUT2D eigenvalue weighted by atomic mass is 16.6. The third kappa shape index (κ3) is 61.6. The molecule has 0 aliphatic rings. The zero-order valence-electron chi connectivity index (χ0n) is 49.8. The van der Waals surface area contributed by atoms with Crippen molar-refractivity contribution in [3.63, 3.8) is 0 Å². The Labute approximate surface area is 465 Å². The summed E-state index contributed by atoms with van der Waals surface area (Å²) in [5.74, 6) is -0.882. The summed E-state index contributed by atoms with van der Waals surface area (Å²) in [6.07, 6.45) is 82.2. The summed E-state index contributed by atoms with van der Waals surface area (Å²) in [5, 5.41) is 0. The molecule has 1 atom stereocenters. The second-order valence-electron chi connectivity index (χ2n) is 21.6. The van der Waals surface area contributed by atoms with Crippen LogP contribution in [0.3, 0.4) is 0 Å².